The standard InChI is InChI=1S/C15H20N4O/c1-10-17-18-15(13-8-7-11(16)9-14(13)20)19(10)12-5-3-2-4-6-12/h7-9,12,20H,2-6,16H2,1H3. The molecule has 5 heteroatoms. The highest BCUT2D eigenvalue weighted by Gasteiger charge is 2.23. The van der Waals surface area contributed by atoms with Gasteiger partial charge in [-0.15, -0.1) is 10.2 Å². The molecule has 20 heavy (non-hydrogen) atoms. The SMILES string of the molecule is Cc1nnc(-c2ccc(N)cc2O)n1C1CCCCC1. The molecule has 1 heterocycles. The first kappa shape index (κ1) is 13.0. The third kappa shape index (κ3) is 2.24. The normalized spacial score (nSPS) is 16.4. The van der Waals surface area contributed by atoms with Crippen LogP contribution in [0.25, 0.3) is 11.4 Å². The molecular formula is C15H20N4O. The molecule has 1 aliphatic rings. The maximum Gasteiger partial charge on any atom is 0.167 e. The Morgan fingerprint density at radius 2 is 1.95 bits per heavy atom. The number of nitrogen functional groups attached to an aromatic ring is 1. The molecule has 1 aromatic carbocycles. The van der Waals surface area contributed by atoms with Crippen molar-refractivity contribution in [1.29, 1.82) is 0 Å². The number of aromatic nitrogens is 3. The number of hydrogen-bond acceptors (Lipinski definition) is 4. The zero-order valence-electron chi connectivity index (χ0n) is 11.7. The highest BCUT2D eigenvalue weighted by molar-refractivity contribution is 5.67. The second-order valence-electron chi connectivity index (χ2n) is 5.51. The molecule has 0 atom stereocenters. The zero-order valence-corrected chi connectivity index (χ0v) is 11.7. The molecule has 1 fully saturated rings. The number of benzene rings is 1. The quantitative estimate of drug-likeness (QED) is 0.824. The molecule has 3 rings (SSSR count). The van der Waals surface area contributed by atoms with Gasteiger partial charge in [-0.1, -0.05) is 19.3 Å². The van der Waals surface area contributed by atoms with Gasteiger partial charge in [0.25, 0.3) is 0 Å². The summed E-state index contributed by atoms with van der Waals surface area (Å²) < 4.78 is 2.17. The summed E-state index contributed by atoms with van der Waals surface area (Å²) in [4.78, 5) is 0. The van der Waals surface area contributed by atoms with Gasteiger partial charge in [-0.05, 0) is 31.9 Å². The van der Waals surface area contributed by atoms with Crippen molar-refractivity contribution in [2.45, 2.75) is 45.1 Å². The average Bonchev–Trinajstić information content (AvgIpc) is 2.81. The Bertz CT molecular complexity index is 614. The Morgan fingerprint density at radius 3 is 2.65 bits per heavy atom. The first-order valence-electron chi connectivity index (χ1n) is 7.17. The molecule has 106 valence electrons. The van der Waals surface area contributed by atoms with E-state index in [2.05, 4.69) is 14.8 Å². The van der Waals surface area contributed by atoms with Crippen molar-refractivity contribution < 1.29 is 5.11 Å². The molecule has 1 aromatic heterocycles. The van der Waals surface area contributed by atoms with Crippen LogP contribution in [0.3, 0.4) is 0 Å². The number of phenolic OH excluding ortho intramolecular Hbond substituents is 1. The van der Waals surface area contributed by atoms with Crippen molar-refractivity contribution in [3.05, 3.63) is 24.0 Å². The van der Waals surface area contributed by atoms with E-state index in [0.717, 1.165) is 24.5 Å². The largest absolute Gasteiger partial charge is 0.507 e. The molecule has 0 spiro atoms. The summed E-state index contributed by atoms with van der Waals surface area (Å²) in [6.45, 7) is 1.97. The molecular weight excluding hydrogens is 252 g/mol. The maximum absolute atomic E-state index is 10.1. The van der Waals surface area contributed by atoms with E-state index in [1.54, 1.807) is 12.1 Å². The second kappa shape index (κ2) is 5.15. The summed E-state index contributed by atoms with van der Waals surface area (Å²) in [5.74, 6) is 1.81. The van der Waals surface area contributed by atoms with Crippen LogP contribution in [0.15, 0.2) is 18.2 Å². The third-order valence-corrected chi connectivity index (χ3v) is 4.07. The summed E-state index contributed by atoms with van der Waals surface area (Å²) in [6.07, 6.45) is 6.11. The Balaban J connectivity index is 2.05. The number of hydrogen-bond donors (Lipinski definition) is 2. The number of aromatic hydroxyl groups is 1. The Hall–Kier alpha value is -2.04. The van der Waals surface area contributed by atoms with Crippen molar-refractivity contribution in [1.82, 2.24) is 14.8 Å². The smallest absolute Gasteiger partial charge is 0.167 e. The van der Waals surface area contributed by atoms with E-state index in [1.807, 2.05) is 13.0 Å². The number of nitrogens with zero attached hydrogens (tertiary/aromatic N) is 3. The molecule has 0 amide bonds. The molecule has 5 nitrogen and oxygen atoms in total. The third-order valence-electron chi connectivity index (χ3n) is 4.07. The molecule has 0 aliphatic heterocycles. The average molecular weight is 272 g/mol. The van der Waals surface area contributed by atoms with Crippen molar-refractivity contribution in [2.24, 2.45) is 0 Å². The van der Waals surface area contributed by atoms with Crippen LogP contribution in [0.2, 0.25) is 0 Å². The molecule has 0 saturated heterocycles. The predicted octanol–water partition coefficient (Wildman–Crippen LogP) is 3.05. The molecule has 1 saturated carbocycles. The van der Waals surface area contributed by atoms with Gasteiger partial charge in [-0.2, -0.15) is 0 Å². The van der Waals surface area contributed by atoms with Crippen LogP contribution < -0.4 is 5.73 Å². The van der Waals surface area contributed by atoms with E-state index in [1.165, 1.54) is 19.3 Å². The van der Waals surface area contributed by atoms with Gasteiger partial charge in [0.2, 0.25) is 0 Å². The fourth-order valence-corrected chi connectivity index (χ4v) is 3.07. The molecule has 3 N–H and O–H groups in total. The minimum Gasteiger partial charge on any atom is -0.507 e. The van der Waals surface area contributed by atoms with Crippen LogP contribution in [0, 0.1) is 6.92 Å². The van der Waals surface area contributed by atoms with Crippen LogP contribution in [0.1, 0.15) is 44.0 Å². The van der Waals surface area contributed by atoms with E-state index in [9.17, 15) is 5.11 Å². The number of nitrogens with two attached hydrogens (primary N) is 1. The van der Waals surface area contributed by atoms with Crippen molar-refractivity contribution in [2.75, 3.05) is 5.73 Å². The van der Waals surface area contributed by atoms with E-state index in [-0.39, 0.29) is 5.75 Å². The van der Waals surface area contributed by atoms with Gasteiger partial charge in [0, 0.05) is 17.8 Å². The molecule has 2 aromatic rings. The van der Waals surface area contributed by atoms with Gasteiger partial charge in [0.1, 0.15) is 11.6 Å². The maximum atomic E-state index is 10.1. The minimum absolute atomic E-state index is 0.162. The lowest BCUT2D eigenvalue weighted by molar-refractivity contribution is 0.350. The molecule has 0 unspecified atom stereocenters. The number of anilines is 1. The molecule has 0 bridgehead atoms. The van der Waals surface area contributed by atoms with E-state index >= 15 is 0 Å². The van der Waals surface area contributed by atoms with Gasteiger partial charge in [-0.25, -0.2) is 0 Å². The molecule has 0 radical (unpaired) electrons. The van der Waals surface area contributed by atoms with Gasteiger partial charge in [-0.3, -0.25) is 0 Å². The van der Waals surface area contributed by atoms with Gasteiger partial charge < -0.3 is 15.4 Å². The van der Waals surface area contributed by atoms with Gasteiger partial charge >= 0.3 is 0 Å². The second-order valence-corrected chi connectivity index (χ2v) is 5.51. The summed E-state index contributed by atoms with van der Waals surface area (Å²) in [7, 11) is 0. The van der Waals surface area contributed by atoms with E-state index in [0.29, 0.717) is 17.3 Å². The number of phenols is 1. The van der Waals surface area contributed by atoms with E-state index in [4.69, 9.17) is 5.73 Å². The van der Waals surface area contributed by atoms with Crippen LogP contribution >= 0.6 is 0 Å². The number of rotatable bonds is 2. The number of aryl methyl sites for hydroxylation is 1. The van der Waals surface area contributed by atoms with Crippen LogP contribution in [-0.2, 0) is 0 Å². The van der Waals surface area contributed by atoms with Gasteiger partial charge in [0.15, 0.2) is 5.82 Å². The Labute approximate surface area is 118 Å². The highest BCUT2D eigenvalue weighted by Crippen LogP contribution is 2.35. The lowest BCUT2D eigenvalue weighted by Crippen LogP contribution is -2.15. The summed E-state index contributed by atoms with van der Waals surface area (Å²) in [6, 6.07) is 5.59. The molecule has 1 aliphatic carbocycles. The zero-order chi connectivity index (χ0) is 14.1. The lowest BCUT2D eigenvalue weighted by Gasteiger charge is -2.25. The monoisotopic (exact) mass is 272 g/mol. The van der Waals surface area contributed by atoms with Crippen molar-refractivity contribution in [3.63, 3.8) is 0 Å². The Morgan fingerprint density at radius 1 is 1.20 bits per heavy atom. The summed E-state index contributed by atoms with van der Waals surface area (Å²) in [5, 5.41) is 18.6. The minimum atomic E-state index is 0.162. The van der Waals surface area contributed by atoms with Gasteiger partial charge in [0.05, 0.1) is 5.56 Å². The summed E-state index contributed by atoms with van der Waals surface area (Å²) in [5.41, 5.74) is 6.94. The van der Waals surface area contributed by atoms with Crippen LogP contribution in [0.4, 0.5) is 5.69 Å². The topological polar surface area (TPSA) is 77.0 Å². The fraction of sp³-hybridized carbons (Fsp3) is 0.467. The van der Waals surface area contributed by atoms with Crippen LogP contribution in [0.5, 0.6) is 5.75 Å². The van der Waals surface area contributed by atoms with E-state index < -0.39 is 0 Å². The summed E-state index contributed by atoms with van der Waals surface area (Å²) >= 11 is 0. The highest BCUT2D eigenvalue weighted by atomic mass is 16.3. The first-order valence-corrected chi connectivity index (χ1v) is 7.17. The lowest BCUT2D eigenvalue weighted by atomic mass is 9.95. The van der Waals surface area contributed by atoms with Crippen molar-refractivity contribution in [3.8, 4) is 17.1 Å². The fourth-order valence-electron chi connectivity index (χ4n) is 3.07. The predicted molar refractivity (Wildman–Crippen MR) is 78.4 cm³/mol. The van der Waals surface area contributed by atoms with Crippen molar-refractivity contribution >= 4 is 5.69 Å². The first-order chi connectivity index (χ1) is 9.66. The Kier molecular flexibility index (Phi) is 3.34. The van der Waals surface area contributed by atoms with Crippen LogP contribution in [-0.4, -0.2) is 19.9 Å².